The number of para-hydroxylation sites is 2. The number of rotatable bonds is 7. The Morgan fingerprint density at radius 3 is 2.33 bits per heavy atom. The van der Waals surface area contributed by atoms with Crippen molar-refractivity contribution in [1.29, 1.82) is 0 Å². The van der Waals surface area contributed by atoms with Crippen LogP contribution in [-0.2, 0) is 6.54 Å². The van der Waals surface area contributed by atoms with Gasteiger partial charge in [0.15, 0.2) is 11.5 Å². The number of hydrogen-bond acceptors (Lipinski definition) is 6. The van der Waals surface area contributed by atoms with Gasteiger partial charge in [-0.25, -0.2) is 9.97 Å². The zero-order valence-electron chi connectivity index (χ0n) is 15.0. The molecular formula is C20H19N3O4. The van der Waals surface area contributed by atoms with E-state index in [1.165, 1.54) is 7.11 Å². The van der Waals surface area contributed by atoms with E-state index in [9.17, 15) is 4.79 Å². The first-order valence-corrected chi connectivity index (χ1v) is 8.25. The lowest BCUT2D eigenvalue weighted by Gasteiger charge is -2.13. The molecule has 0 atom stereocenters. The zero-order chi connectivity index (χ0) is 19.1. The highest BCUT2D eigenvalue weighted by Gasteiger charge is 2.14. The fourth-order valence-corrected chi connectivity index (χ4v) is 2.45. The second-order valence-electron chi connectivity index (χ2n) is 5.46. The van der Waals surface area contributed by atoms with E-state index in [0.717, 1.165) is 5.56 Å². The van der Waals surface area contributed by atoms with Crippen LogP contribution in [0.5, 0.6) is 23.3 Å². The molecule has 0 unspecified atom stereocenters. The molecule has 0 spiro atoms. The molecule has 0 aliphatic heterocycles. The Hall–Kier alpha value is -3.61. The van der Waals surface area contributed by atoms with E-state index in [1.54, 1.807) is 49.8 Å². The largest absolute Gasteiger partial charge is 0.493 e. The van der Waals surface area contributed by atoms with Crippen LogP contribution in [0.4, 0.5) is 0 Å². The number of carbonyl (C=O) groups excluding carboxylic acids is 1. The predicted molar refractivity (Wildman–Crippen MR) is 99.3 cm³/mol. The highest BCUT2D eigenvalue weighted by molar-refractivity contribution is 5.96. The van der Waals surface area contributed by atoms with Crippen LogP contribution >= 0.6 is 0 Å². The summed E-state index contributed by atoms with van der Waals surface area (Å²) in [5.74, 6) is 1.50. The van der Waals surface area contributed by atoms with E-state index in [0.29, 0.717) is 22.9 Å². The second kappa shape index (κ2) is 8.66. The molecule has 2 heterocycles. The van der Waals surface area contributed by atoms with Crippen molar-refractivity contribution in [3.8, 4) is 23.3 Å². The number of nitrogens with zero attached hydrogens (tertiary/aromatic N) is 2. The molecular weight excluding hydrogens is 346 g/mol. The highest BCUT2D eigenvalue weighted by atomic mass is 16.5. The normalized spacial score (nSPS) is 10.1. The number of amides is 1. The van der Waals surface area contributed by atoms with Crippen LogP contribution < -0.4 is 19.5 Å². The Bertz CT molecular complexity index is 930. The quantitative estimate of drug-likeness (QED) is 0.692. The van der Waals surface area contributed by atoms with Crippen LogP contribution in [0.15, 0.2) is 60.9 Å². The topological polar surface area (TPSA) is 82.6 Å². The molecule has 1 N–H and O–H groups in total. The van der Waals surface area contributed by atoms with Crippen LogP contribution in [0.2, 0.25) is 0 Å². The van der Waals surface area contributed by atoms with Gasteiger partial charge in [0, 0.05) is 24.5 Å². The van der Waals surface area contributed by atoms with Gasteiger partial charge in [-0.15, -0.1) is 0 Å². The lowest BCUT2D eigenvalue weighted by atomic mass is 10.2. The van der Waals surface area contributed by atoms with E-state index in [2.05, 4.69) is 15.3 Å². The average Bonchev–Trinajstić information content (AvgIpc) is 2.73. The van der Waals surface area contributed by atoms with Crippen LogP contribution in [-0.4, -0.2) is 30.1 Å². The summed E-state index contributed by atoms with van der Waals surface area (Å²) in [6, 6.07) is 14.2. The first-order valence-electron chi connectivity index (χ1n) is 8.25. The van der Waals surface area contributed by atoms with E-state index < -0.39 is 0 Å². The average molecular weight is 365 g/mol. The molecule has 7 nitrogen and oxygen atoms in total. The number of pyridine rings is 2. The number of carbonyl (C=O) groups is 1. The number of hydrogen-bond donors (Lipinski definition) is 1. The van der Waals surface area contributed by atoms with Gasteiger partial charge in [-0.2, -0.15) is 0 Å². The van der Waals surface area contributed by atoms with Crippen LogP contribution in [0, 0.1) is 0 Å². The second-order valence-corrected chi connectivity index (χ2v) is 5.46. The first-order chi connectivity index (χ1) is 13.2. The maximum absolute atomic E-state index is 12.5. The van der Waals surface area contributed by atoms with Gasteiger partial charge in [-0.1, -0.05) is 18.2 Å². The fourth-order valence-electron chi connectivity index (χ4n) is 2.45. The minimum atomic E-state index is -0.299. The van der Waals surface area contributed by atoms with Crippen LogP contribution in [0.1, 0.15) is 15.9 Å². The van der Waals surface area contributed by atoms with E-state index in [4.69, 9.17) is 14.2 Å². The van der Waals surface area contributed by atoms with E-state index in [-0.39, 0.29) is 18.3 Å². The van der Waals surface area contributed by atoms with Gasteiger partial charge in [-0.3, -0.25) is 4.79 Å². The highest BCUT2D eigenvalue weighted by Crippen LogP contribution is 2.31. The van der Waals surface area contributed by atoms with Crippen molar-refractivity contribution in [3.05, 3.63) is 72.1 Å². The zero-order valence-corrected chi connectivity index (χ0v) is 15.0. The van der Waals surface area contributed by atoms with Gasteiger partial charge in [0.1, 0.15) is 5.56 Å². The number of benzene rings is 1. The molecule has 0 bridgehead atoms. The van der Waals surface area contributed by atoms with Gasteiger partial charge in [0.25, 0.3) is 5.91 Å². The molecule has 0 aliphatic rings. The molecule has 1 amide bonds. The molecule has 0 fully saturated rings. The summed E-state index contributed by atoms with van der Waals surface area (Å²) >= 11 is 0. The summed E-state index contributed by atoms with van der Waals surface area (Å²) in [4.78, 5) is 20.8. The molecule has 2 aromatic heterocycles. The van der Waals surface area contributed by atoms with Gasteiger partial charge >= 0.3 is 0 Å². The Morgan fingerprint density at radius 1 is 0.889 bits per heavy atom. The Labute approximate surface area is 156 Å². The summed E-state index contributed by atoms with van der Waals surface area (Å²) in [5.41, 5.74) is 1.08. The molecule has 138 valence electrons. The number of ether oxygens (including phenoxy) is 3. The lowest BCUT2D eigenvalue weighted by molar-refractivity contribution is 0.0947. The molecule has 27 heavy (non-hydrogen) atoms. The summed E-state index contributed by atoms with van der Waals surface area (Å²) < 4.78 is 16.3. The molecule has 3 aromatic rings. The molecule has 0 aliphatic carbocycles. The smallest absolute Gasteiger partial charge is 0.257 e. The third-order valence-corrected chi connectivity index (χ3v) is 3.77. The Kier molecular flexibility index (Phi) is 5.84. The minimum Gasteiger partial charge on any atom is -0.493 e. The van der Waals surface area contributed by atoms with E-state index in [1.807, 2.05) is 18.2 Å². The fraction of sp³-hybridized carbons (Fsp3) is 0.150. The maximum atomic E-state index is 12.5. The molecule has 7 heteroatoms. The molecule has 1 aromatic carbocycles. The van der Waals surface area contributed by atoms with Crippen molar-refractivity contribution in [1.82, 2.24) is 15.3 Å². The molecule has 0 saturated heterocycles. The SMILES string of the molecule is COc1ccccc1Oc1ncccc1CNC(=O)c1cccnc1OC. The summed E-state index contributed by atoms with van der Waals surface area (Å²) in [7, 11) is 3.04. The van der Waals surface area contributed by atoms with Crippen LogP contribution in [0.3, 0.4) is 0 Å². The summed E-state index contributed by atoms with van der Waals surface area (Å²) in [5, 5.41) is 2.83. The molecule has 0 radical (unpaired) electrons. The summed E-state index contributed by atoms with van der Waals surface area (Å²) in [6.45, 7) is 0.231. The predicted octanol–water partition coefficient (Wildman–Crippen LogP) is 3.22. The van der Waals surface area contributed by atoms with Gasteiger partial charge < -0.3 is 19.5 Å². The Morgan fingerprint density at radius 2 is 1.59 bits per heavy atom. The van der Waals surface area contributed by atoms with Gasteiger partial charge in [0.2, 0.25) is 11.8 Å². The molecule has 3 rings (SSSR count). The number of aromatic nitrogens is 2. The molecule has 0 saturated carbocycles. The van der Waals surface area contributed by atoms with Crippen molar-refractivity contribution >= 4 is 5.91 Å². The Balaban J connectivity index is 1.75. The van der Waals surface area contributed by atoms with Crippen molar-refractivity contribution in [2.75, 3.05) is 14.2 Å². The third kappa shape index (κ3) is 4.33. The number of methoxy groups -OCH3 is 2. The monoisotopic (exact) mass is 365 g/mol. The van der Waals surface area contributed by atoms with Crippen LogP contribution in [0.25, 0.3) is 0 Å². The van der Waals surface area contributed by atoms with Crippen molar-refractivity contribution in [3.63, 3.8) is 0 Å². The summed E-state index contributed by atoms with van der Waals surface area (Å²) in [6.07, 6.45) is 3.19. The van der Waals surface area contributed by atoms with Crippen molar-refractivity contribution in [2.24, 2.45) is 0 Å². The standard InChI is InChI=1S/C20H19N3O4/c1-25-16-9-3-4-10-17(16)27-19-14(7-5-11-21-19)13-23-18(24)15-8-6-12-22-20(15)26-2/h3-12H,13H2,1-2H3,(H,23,24). The minimum absolute atomic E-state index is 0.231. The van der Waals surface area contributed by atoms with E-state index >= 15 is 0 Å². The first kappa shape index (κ1) is 18.2. The number of nitrogens with one attached hydrogen (secondary N) is 1. The van der Waals surface area contributed by atoms with Gasteiger partial charge in [-0.05, 0) is 30.3 Å². The van der Waals surface area contributed by atoms with Crippen molar-refractivity contribution < 1.29 is 19.0 Å². The van der Waals surface area contributed by atoms with Crippen molar-refractivity contribution in [2.45, 2.75) is 6.54 Å². The maximum Gasteiger partial charge on any atom is 0.257 e. The third-order valence-electron chi connectivity index (χ3n) is 3.77. The lowest BCUT2D eigenvalue weighted by Crippen LogP contribution is -2.24. The van der Waals surface area contributed by atoms with Gasteiger partial charge in [0.05, 0.1) is 14.2 Å².